The standard InChI is InChI=1S/C17H18IN3O2/c1-17(2)22-13-6-10-4-3-5-12(11(10)7-14(13)23-17)21-16-8-15(18)19-9-20-16/h3-5,8-9,13-14H,6-7H2,1-2H3,(H,19,20,21)/t13-,14+/m1/s1. The third-order valence-corrected chi connectivity index (χ3v) is 4.87. The third kappa shape index (κ3) is 3.07. The molecule has 2 atom stereocenters. The van der Waals surface area contributed by atoms with Crippen LogP contribution in [0.5, 0.6) is 0 Å². The van der Waals surface area contributed by atoms with Gasteiger partial charge in [0.1, 0.15) is 15.8 Å². The summed E-state index contributed by atoms with van der Waals surface area (Å²) in [6.07, 6.45) is 3.58. The van der Waals surface area contributed by atoms with Gasteiger partial charge in [-0.3, -0.25) is 0 Å². The van der Waals surface area contributed by atoms with E-state index in [1.807, 2.05) is 19.9 Å². The second-order valence-electron chi connectivity index (χ2n) is 6.41. The molecule has 120 valence electrons. The minimum atomic E-state index is -0.492. The van der Waals surface area contributed by atoms with Gasteiger partial charge in [0.05, 0.1) is 12.2 Å². The van der Waals surface area contributed by atoms with Crippen molar-refractivity contribution in [3.8, 4) is 0 Å². The number of anilines is 2. The van der Waals surface area contributed by atoms with E-state index in [4.69, 9.17) is 9.47 Å². The highest BCUT2D eigenvalue weighted by Gasteiger charge is 2.44. The van der Waals surface area contributed by atoms with E-state index in [2.05, 4.69) is 56.1 Å². The summed E-state index contributed by atoms with van der Waals surface area (Å²) in [5.41, 5.74) is 3.70. The Labute approximate surface area is 149 Å². The normalized spacial score (nSPS) is 24.8. The molecule has 0 unspecified atom stereocenters. The van der Waals surface area contributed by atoms with Gasteiger partial charge in [-0.2, -0.15) is 0 Å². The number of halogens is 1. The molecular formula is C17H18IN3O2. The second-order valence-corrected chi connectivity index (χ2v) is 7.52. The maximum absolute atomic E-state index is 6.06. The minimum Gasteiger partial charge on any atom is -0.344 e. The van der Waals surface area contributed by atoms with Crippen molar-refractivity contribution >= 4 is 34.1 Å². The number of nitrogens with one attached hydrogen (secondary N) is 1. The molecule has 0 saturated carbocycles. The van der Waals surface area contributed by atoms with E-state index in [1.54, 1.807) is 6.33 Å². The molecule has 0 radical (unpaired) electrons. The smallest absolute Gasteiger partial charge is 0.163 e. The van der Waals surface area contributed by atoms with E-state index in [1.165, 1.54) is 11.1 Å². The van der Waals surface area contributed by atoms with E-state index in [0.29, 0.717) is 0 Å². The zero-order chi connectivity index (χ0) is 16.0. The van der Waals surface area contributed by atoms with Gasteiger partial charge in [-0.1, -0.05) is 12.1 Å². The van der Waals surface area contributed by atoms with E-state index in [9.17, 15) is 0 Å². The van der Waals surface area contributed by atoms with Crippen molar-refractivity contribution in [3.05, 3.63) is 45.4 Å². The summed E-state index contributed by atoms with van der Waals surface area (Å²) in [4.78, 5) is 8.42. The summed E-state index contributed by atoms with van der Waals surface area (Å²) in [7, 11) is 0. The van der Waals surface area contributed by atoms with Crippen molar-refractivity contribution in [2.45, 2.75) is 44.7 Å². The van der Waals surface area contributed by atoms with Crippen LogP contribution in [0, 0.1) is 3.70 Å². The van der Waals surface area contributed by atoms with Crippen LogP contribution in [-0.4, -0.2) is 28.0 Å². The molecule has 1 aliphatic carbocycles. The molecule has 0 bridgehead atoms. The average molecular weight is 423 g/mol. The molecule has 1 aromatic carbocycles. The Kier molecular flexibility index (Phi) is 3.78. The first kappa shape index (κ1) is 15.3. The maximum atomic E-state index is 6.06. The van der Waals surface area contributed by atoms with Crippen LogP contribution >= 0.6 is 22.6 Å². The van der Waals surface area contributed by atoms with Gasteiger partial charge < -0.3 is 14.8 Å². The number of benzene rings is 1. The van der Waals surface area contributed by atoms with Crippen molar-refractivity contribution < 1.29 is 9.47 Å². The number of rotatable bonds is 2. The Bertz CT molecular complexity index is 750. The van der Waals surface area contributed by atoms with Crippen molar-refractivity contribution in [1.82, 2.24) is 9.97 Å². The molecule has 2 heterocycles. The molecule has 23 heavy (non-hydrogen) atoms. The van der Waals surface area contributed by atoms with Crippen LogP contribution < -0.4 is 5.32 Å². The lowest BCUT2D eigenvalue weighted by molar-refractivity contribution is -0.145. The highest BCUT2D eigenvalue weighted by atomic mass is 127. The number of aromatic nitrogens is 2. The summed E-state index contributed by atoms with van der Waals surface area (Å²) < 4.78 is 13.0. The first-order valence-electron chi connectivity index (χ1n) is 7.71. The maximum Gasteiger partial charge on any atom is 0.163 e. The monoisotopic (exact) mass is 423 g/mol. The van der Waals surface area contributed by atoms with Gasteiger partial charge in [-0.25, -0.2) is 9.97 Å². The first-order chi connectivity index (χ1) is 11.0. The van der Waals surface area contributed by atoms with Crippen molar-refractivity contribution in [2.75, 3.05) is 5.32 Å². The molecule has 6 heteroatoms. The molecule has 2 aromatic rings. The zero-order valence-electron chi connectivity index (χ0n) is 13.0. The van der Waals surface area contributed by atoms with Crippen LogP contribution in [-0.2, 0) is 22.3 Å². The first-order valence-corrected chi connectivity index (χ1v) is 8.79. The van der Waals surface area contributed by atoms with Crippen LogP contribution in [0.2, 0.25) is 0 Å². The fourth-order valence-corrected chi connectivity index (χ4v) is 3.82. The Hall–Kier alpha value is -1.25. The molecule has 1 N–H and O–H groups in total. The largest absolute Gasteiger partial charge is 0.344 e. The lowest BCUT2D eigenvalue weighted by atomic mass is 9.86. The molecule has 2 aliphatic rings. The number of ether oxygens (including phenoxy) is 2. The number of hydrogen-bond acceptors (Lipinski definition) is 5. The Morgan fingerprint density at radius 1 is 1.17 bits per heavy atom. The molecule has 1 saturated heterocycles. The summed E-state index contributed by atoms with van der Waals surface area (Å²) in [5, 5.41) is 3.42. The van der Waals surface area contributed by atoms with E-state index >= 15 is 0 Å². The predicted octanol–water partition coefficient (Wildman–Crippen LogP) is 3.44. The molecule has 1 aliphatic heterocycles. The summed E-state index contributed by atoms with van der Waals surface area (Å²) in [5.74, 6) is 0.317. The quantitative estimate of drug-likeness (QED) is 0.593. The molecule has 1 aromatic heterocycles. The number of nitrogens with zero attached hydrogens (tertiary/aromatic N) is 2. The van der Waals surface area contributed by atoms with Gasteiger partial charge in [0.2, 0.25) is 0 Å². The zero-order valence-corrected chi connectivity index (χ0v) is 15.2. The van der Waals surface area contributed by atoms with Gasteiger partial charge >= 0.3 is 0 Å². The van der Waals surface area contributed by atoms with Crippen LogP contribution in [0.4, 0.5) is 11.5 Å². The second kappa shape index (κ2) is 5.68. The van der Waals surface area contributed by atoms with Crippen LogP contribution in [0.1, 0.15) is 25.0 Å². The predicted molar refractivity (Wildman–Crippen MR) is 95.7 cm³/mol. The minimum absolute atomic E-state index is 0.117. The van der Waals surface area contributed by atoms with E-state index in [0.717, 1.165) is 28.0 Å². The van der Waals surface area contributed by atoms with Gasteiger partial charge in [0.15, 0.2) is 5.79 Å². The third-order valence-electron chi connectivity index (χ3n) is 4.28. The SMILES string of the molecule is CC1(C)O[C@H]2Cc3c(cccc3Nc3cc(I)ncn3)C[C@H]2O1. The van der Waals surface area contributed by atoms with Gasteiger partial charge in [0.25, 0.3) is 0 Å². The highest BCUT2D eigenvalue weighted by molar-refractivity contribution is 14.1. The van der Waals surface area contributed by atoms with Crippen LogP contribution in [0.3, 0.4) is 0 Å². The van der Waals surface area contributed by atoms with Gasteiger partial charge in [0, 0.05) is 24.6 Å². The topological polar surface area (TPSA) is 56.3 Å². The number of fused-ring (bicyclic) bond motifs is 2. The molecule has 4 rings (SSSR count). The van der Waals surface area contributed by atoms with Crippen molar-refractivity contribution in [1.29, 1.82) is 0 Å². The Morgan fingerprint density at radius 3 is 2.74 bits per heavy atom. The lowest BCUT2D eigenvalue weighted by Crippen LogP contribution is -2.32. The van der Waals surface area contributed by atoms with Crippen molar-refractivity contribution in [3.63, 3.8) is 0 Å². The molecule has 0 amide bonds. The summed E-state index contributed by atoms with van der Waals surface area (Å²) in [6, 6.07) is 8.28. The fraction of sp³-hybridized carbons (Fsp3) is 0.412. The number of hydrogen-bond donors (Lipinski definition) is 1. The van der Waals surface area contributed by atoms with Crippen LogP contribution in [0.15, 0.2) is 30.6 Å². The van der Waals surface area contributed by atoms with Gasteiger partial charge in [-0.15, -0.1) is 0 Å². The summed E-state index contributed by atoms with van der Waals surface area (Å²) >= 11 is 2.19. The average Bonchev–Trinajstić information content (AvgIpc) is 2.78. The molecule has 1 fully saturated rings. The van der Waals surface area contributed by atoms with Crippen molar-refractivity contribution in [2.24, 2.45) is 0 Å². The summed E-state index contributed by atoms with van der Waals surface area (Å²) in [6.45, 7) is 3.97. The molecule has 0 spiro atoms. The van der Waals surface area contributed by atoms with Crippen LogP contribution in [0.25, 0.3) is 0 Å². The van der Waals surface area contributed by atoms with E-state index < -0.39 is 5.79 Å². The lowest BCUT2D eigenvalue weighted by Gasteiger charge is -2.27. The Balaban J connectivity index is 1.64. The fourth-order valence-electron chi connectivity index (χ4n) is 3.40. The highest BCUT2D eigenvalue weighted by Crippen LogP contribution is 2.39. The molecular weight excluding hydrogens is 405 g/mol. The van der Waals surface area contributed by atoms with E-state index in [-0.39, 0.29) is 12.2 Å². The Morgan fingerprint density at radius 2 is 1.96 bits per heavy atom. The van der Waals surface area contributed by atoms with Gasteiger partial charge in [-0.05, 0) is 53.6 Å². The molecule has 5 nitrogen and oxygen atoms in total.